The number of benzene rings is 1. The number of aromatic nitrogens is 1. The smallest absolute Gasteiger partial charge is 0.317 e. The molecule has 148 valence electrons. The van der Waals surface area contributed by atoms with Gasteiger partial charge in [-0.15, -0.1) is 0 Å². The van der Waals surface area contributed by atoms with Gasteiger partial charge in [-0.1, -0.05) is 18.2 Å². The standard InChI is InChI=1S/C22H26FN3O2/c23-19-5-3-18(4-6-19)22(9-12-28-13-10-22)16-25-21(27)26(20-7-8-20)15-17-2-1-11-24-14-17/h1-6,11,14,20H,7-10,12-13,15-16H2,(H,25,27). The minimum absolute atomic E-state index is 0.0423. The van der Waals surface area contributed by atoms with Gasteiger partial charge in [-0.2, -0.15) is 0 Å². The maximum atomic E-state index is 13.4. The maximum absolute atomic E-state index is 13.4. The molecule has 2 amide bonds. The van der Waals surface area contributed by atoms with Gasteiger partial charge < -0.3 is 15.0 Å². The summed E-state index contributed by atoms with van der Waals surface area (Å²) < 4.78 is 18.9. The van der Waals surface area contributed by atoms with Crippen molar-refractivity contribution in [2.75, 3.05) is 19.8 Å². The normalized spacial score (nSPS) is 18.5. The van der Waals surface area contributed by atoms with Crippen molar-refractivity contribution in [2.24, 2.45) is 0 Å². The first-order valence-corrected chi connectivity index (χ1v) is 9.93. The second kappa shape index (κ2) is 8.27. The Morgan fingerprint density at radius 1 is 1.21 bits per heavy atom. The fourth-order valence-corrected chi connectivity index (χ4v) is 3.92. The molecular formula is C22H26FN3O2. The lowest BCUT2D eigenvalue weighted by Gasteiger charge is -2.38. The SMILES string of the molecule is O=C(NCC1(c2ccc(F)cc2)CCOCC1)N(Cc1cccnc1)C1CC1. The number of pyridine rings is 1. The summed E-state index contributed by atoms with van der Waals surface area (Å²) in [5, 5.41) is 3.17. The van der Waals surface area contributed by atoms with Crippen LogP contribution in [0.15, 0.2) is 48.8 Å². The first kappa shape index (κ1) is 18.9. The van der Waals surface area contributed by atoms with Crippen LogP contribution in [0.1, 0.15) is 36.8 Å². The van der Waals surface area contributed by atoms with Crippen molar-refractivity contribution < 1.29 is 13.9 Å². The molecule has 0 spiro atoms. The van der Waals surface area contributed by atoms with Gasteiger partial charge in [0, 0.05) is 50.2 Å². The van der Waals surface area contributed by atoms with E-state index >= 15 is 0 Å². The molecule has 1 N–H and O–H groups in total. The van der Waals surface area contributed by atoms with Gasteiger partial charge in [-0.3, -0.25) is 4.98 Å². The molecule has 28 heavy (non-hydrogen) atoms. The molecule has 6 heteroatoms. The first-order valence-electron chi connectivity index (χ1n) is 9.93. The molecule has 1 aromatic carbocycles. The molecule has 1 aliphatic heterocycles. The fourth-order valence-electron chi connectivity index (χ4n) is 3.92. The topological polar surface area (TPSA) is 54.5 Å². The van der Waals surface area contributed by atoms with E-state index in [0.717, 1.165) is 36.8 Å². The Hall–Kier alpha value is -2.47. The predicted molar refractivity (Wildman–Crippen MR) is 104 cm³/mol. The second-order valence-corrected chi connectivity index (χ2v) is 7.78. The number of carbonyl (C=O) groups is 1. The minimum Gasteiger partial charge on any atom is -0.381 e. The van der Waals surface area contributed by atoms with Gasteiger partial charge in [0.2, 0.25) is 0 Å². The molecule has 2 heterocycles. The molecule has 0 unspecified atom stereocenters. The van der Waals surface area contributed by atoms with E-state index in [0.29, 0.717) is 32.3 Å². The molecule has 2 aliphatic rings. The molecule has 1 saturated heterocycles. The molecule has 4 rings (SSSR count). The molecule has 2 aromatic rings. The van der Waals surface area contributed by atoms with Gasteiger partial charge in [0.25, 0.3) is 0 Å². The summed E-state index contributed by atoms with van der Waals surface area (Å²) in [6, 6.07) is 10.8. The van der Waals surface area contributed by atoms with Crippen LogP contribution in [0.5, 0.6) is 0 Å². The molecule has 1 aromatic heterocycles. The maximum Gasteiger partial charge on any atom is 0.317 e. The van der Waals surface area contributed by atoms with Crippen molar-refractivity contribution >= 4 is 6.03 Å². The van der Waals surface area contributed by atoms with E-state index in [9.17, 15) is 9.18 Å². The molecule has 0 radical (unpaired) electrons. The monoisotopic (exact) mass is 383 g/mol. The summed E-state index contributed by atoms with van der Waals surface area (Å²) in [6.45, 7) is 2.39. The number of urea groups is 1. The minimum atomic E-state index is -0.244. The van der Waals surface area contributed by atoms with Crippen molar-refractivity contribution in [3.05, 3.63) is 65.7 Å². The third-order valence-corrected chi connectivity index (χ3v) is 5.81. The number of nitrogens with one attached hydrogen (secondary N) is 1. The highest BCUT2D eigenvalue weighted by atomic mass is 19.1. The van der Waals surface area contributed by atoms with Crippen molar-refractivity contribution in [2.45, 2.75) is 43.7 Å². The third-order valence-electron chi connectivity index (χ3n) is 5.81. The Balaban J connectivity index is 1.46. The second-order valence-electron chi connectivity index (χ2n) is 7.78. The van der Waals surface area contributed by atoms with Gasteiger partial charge in [-0.25, -0.2) is 9.18 Å². The lowest BCUT2D eigenvalue weighted by atomic mass is 9.74. The highest BCUT2D eigenvalue weighted by Crippen LogP contribution is 2.35. The van der Waals surface area contributed by atoms with E-state index < -0.39 is 0 Å². The molecule has 5 nitrogen and oxygen atoms in total. The Labute approximate surface area is 164 Å². The summed E-state index contributed by atoms with van der Waals surface area (Å²) in [5.74, 6) is -0.244. The number of nitrogens with zero attached hydrogens (tertiary/aromatic N) is 2. The van der Waals surface area contributed by atoms with Crippen molar-refractivity contribution in [3.8, 4) is 0 Å². The summed E-state index contributed by atoms with van der Waals surface area (Å²) >= 11 is 0. The number of amides is 2. The number of hydrogen-bond donors (Lipinski definition) is 1. The molecular weight excluding hydrogens is 357 g/mol. The average molecular weight is 383 g/mol. The van der Waals surface area contributed by atoms with E-state index in [4.69, 9.17) is 4.74 Å². The van der Waals surface area contributed by atoms with Crippen LogP contribution in [-0.4, -0.2) is 41.7 Å². The summed E-state index contributed by atoms with van der Waals surface area (Å²) in [7, 11) is 0. The van der Waals surface area contributed by atoms with Crippen LogP contribution < -0.4 is 5.32 Å². The third kappa shape index (κ3) is 4.33. The molecule has 1 aliphatic carbocycles. The molecule has 0 atom stereocenters. The first-order chi connectivity index (χ1) is 13.7. The summed E-state index contributed by atoms with van der Waals surface area (Å²) in [6.07, 6.45) is 7.26. The van der Waals surface area contributed by atoms with Crippen molar-refractivity contribution in [1.29, 1.82) is 0 Å². The average Bonchev–Trinajstić information content (AvgIpc) is 3.57. The number of hydrogen-bond acceptors (Lipinski definition) is 3. The van der Waals surface area contributed by atoms with Crippen LogP contribution in [0, 0.1) is 5.82 Å². The lowest BCUT2D eigenvalue weighted by molar-refractivity contribution is 0.0500. The van der Waals surface area contributed by atoms with Gasteiger partial charge in [0.15, 0.2) is 0 Å². The zero-order chi connectivity index (χ0) is 19.4. The van der Waals surface area contributed by atoms with Crippen molar-refractivity contribution in [1.82, 2.24) is 15.2 Å². The fraction of sp³-hybridized carbons (Fsp3) is 0.455. The van der Waals surface area contributed by atoms with Crippen LogP contribution in [0.2, 0.25) is 0 Å². The van der Waals surface area contributed by atoms with Gasteiger partial charge in [-0.05, 0) is 55.0 Å². The summed E-state index contributed by atoms with van der Waals surface area (Å²) in [5.41, 5.74) is 1.87. The quantitative estimate of drug-likeness (QED) is 0.829. The van der Waals surface area contributed by atoms with Gasteiger partial charge in [0.05, 0.1) is 0 Å². The number of rotatable bonds is 6. The largest absolute Gasteiger partial charge is 0.381 e. The molecule has 1 saturated carbocycles. The van der Waals surface area contributed by atoms with E-state index in [1.54, 1.807) is 12.4 Å². The van der Waals surface area contributed by atoms with E-state index in [-0.39, 0.29) is 17.3 Å². The Morgan fingerprint density at radius 2 is 1.96 bits per heavy atom. The molecule has 0 bridgehead atoms. The Morgan fingerprint density at radius 3 is 2.61 bits per heavy atom. The lowest BCUT2D eigenvalue weighted by Crippen LogP contribution is -2.49. The Bertz CT molecular complexity index is 787. The zero-order valence-corrected chi connectivity index (χ0v) is 15.9. The highest BCUT2D eigenvalue weighted by Gasteiger charge is 2.37. The number of ether oxygens (including phenoxy) is 1. The van der Waals surface area contributed by atoms with Gasteiger partial charge in [0.1, 0.15) is 5.82 Å². The van der Waals surface area contributed by atoms with Crippen molar-refractivity contribution in [3.63, 3.8) is 0 Å². The van der Waals surface area contributed by atoms with E-state index in [2.05, 4.69) is 10.3 Å². The Kier molecular flexibility index (Phi) is 5.57. The van der Waals surface area contributed by atoms with Crippen LogP contribution in [-0.2, 0) is 16.7 Å². The van der Waals surface area contributed by atoms with Crippen LogP contribution in [0.25, 0.3) is 0 Å². The predicted octanol–water partition coefficient (Wildman–Crippen LogP) is 3.64. The highest BCUT2D eigenvalue weighted by molar-refractivity contribution is 5.75. The number of halogens is 1. The van der Waals surface area contributed by atoms with E-state index in [1.807, 2.05) is 29.2 Å². The number of carbonyl (C=O) groups excluding carboxylic acids is 1. The van der Waals surface area contributed by atoms with E-state index in [1.165, 1.54) is 12.1 Å². The zero-order valence-electron chi connectivity index (χ0n) is 15.9. The van der Waals surface area contributed by atoms with Crippen LogP contribution >= 0.6 is 0 Å². The molecule has 2 fully saturated rings. The van der Waals surface area contributed by atoms with Crippen LogP contribution in [0.3, 0.4) is 0 Å². The van der Waals surface area contributed by atoms with Crippen LogP contribution in [0.4, 0.5) is 9.18 Å². The summed E-state index contributed by atoms with van der Waals surface area (Å²) in [4.78, 5) is 19.1. The van der Waals surface area contributed by atoms with Gasteiger partial charge >= 0.3 is 6.03 Å².